The fourth-order valence-corrected chi connectivity index (χ4v) is 4.20. The van der Waals surface area contributed by atoms with Crippen molar-refractivity contribution in [2.45, 2.75) is 0 Å². The molecule has 0 aliphatic heterocycles. The molecule has 0 aliphatic rings. The summed E-state index contributed by atoms with van der Waals surface area (Å²) >= 11 is 5.05. The lowest BCUT2D eigenvalue weighted by Crippen LogP contribution is -2.03. The van der Waals surface area contributed by atoms with E-state index in [1.54, 1.807) is 6.20 Å². The summed E-state index contributed by atoms with van der Waals surface area (Å²) in [4.78, 5) is 17.4. The molecule has 29 heavy (non-hydrogen) atoms. The highest BCUT2D eigenvalue weighted by molar-refractivity contribution is 9.10. The molecule has 9 heteroatoms. The normalized spacial score (nSPS) is 11.1. The van der Waals surface area contributed by atoms with Crippen LogP contribution in [0.25, 0.3) is 21.1 Å². The van der Waals surface area contributed by atoms with E-state index in [0.717, 1.165) is 20.1 Å². The van der Waals surface area contributed by atoms with Gasteiger partial charge in [0.15, 0.2) is 16.7 Å². The van der Waals surface area contributed by atoms with Gasteiger partial charge in [-0.25, -0.2) is 9.97 Å². The third kappa shape index (κ3) is 3.34. The molecule has 0 bridgehead atoms. The van der Waals surface area contributed by atoms with Crippen LogP contribution in [0.3, 0.4) is 0 Å². The van der Waals surface area contributed by atoms with Crippen LogP contribution < -0.4 is 15.8 Å². The van der Waals surface area contributed by atoms with Gasteiger partial charge in [0.2, 0.25) is 5.88 Å². The largest absolute Gasteiger partial charge is 0.435 e. The van der Waals surface area contributed by atoms with Crippen molar-refractivity contribution in [3.05, 3.63) is 65.5 Å². The Balaban J connectivity index is 1.49. The lowest BCUT2D eigenvalue weighted by atomic mass is 10.2. The number of para-hydroxylation sites is 1. The Hall–Kier alpha value is -3.30. The van der Waals surface area contributed by atoms with Gasteiger partial charge in [0.1, 0.15) is 17.5 Å². The lowest BCUT2D eigenvalue weighted by molar-refractivity contribution is 0.469. The van der Waals surface area contributed by atoms with E-state index in [2.05, 4.69) is 41.2 Å². The quantitative estimate of drug-likeness (QED) is 0.361. The highest BCUT2D eigenvalue weighted by atomic mass is 79.9. The zero-order valence-corrected chi connectivity index (χ0v) is 17.2. The van der Waals surface area contributed by atoms with E-state index in [-0.39, 0.29) is 5.88 Å². The number of aromatic nitrogens is 4. The summed E-state index contributed by atoms with van der Waals surface area (Å²) < 4.78 is 8.01. The van der Waals surface area contributed by atoms with Crippen molar-refractivity contribution in [3.8, 4) is 11.6 Å². The van der Waals surface area contributed by atoms with Crippen molar-refractivity contribution in [2.24, 2.45) is 0 Å². The summed E-state index contributed by atoms with van der Waals surface area (Å²) in [6.45, 7) is 0. The Kier molecular flexibility index (Phi) is 4.45. The maximum atomic E-state index is 6.28. The van der Waals surface area contributed by atoms with Crippen molar-refractivity contribution >= 4 is 65.0 Å². The second-order valence-electron chi connectivity index (χ2n) is 6.10. The van der Waals surface area contributed by atoms with Crippen LogP contribution in [0.5, 0.6) is 11.6 Å². The molecule has 142 valence electrons. The van der Waals surface area contributed by atoms with Gasteiger partial charge in [0.25, 0.3) is 0 Å². The lowest BCUT2D eigenvalue weighted by Gasteiger charge is -2.12. The number of ether oxygens (including phenoxy) is 1. The van der Waals surface area contributed by atoms with Crippen molar-refractivity contribution in [1.82, 2.24) is 19.9 Å². The molecule has 2 aromatic carbocycles. The van der Waals surface area contributed by atoms with Gasteiger partial charge < -0.3 is 15.8 Å². The molecule has 3 heterocycles. The first-order valence-corrected chi connectivity index (χ1v) is 10.2. The summed E-state index contributed by atoms with van der Waals surface area (Å²) in [5.41, 5.74) is 8.19. The molecule has 3 N–H and O–H groups in total. The molecule has 0 radical (unpaired) electrons. The predicted octanol–water partition coefficient (Wildman–Crippen LogP) is 5.52. The van der Waals surface area contributed by atoms with Gasteiger partial charge in [-0.1, -0.05) is 45.5 Å². The fourth-order valence-electron chi connectivity index (χ4n) is 2.89. The number of fused-ring (bicyclic) bond motifs is 2. The van der Waals surface area contributed by atoms with Crippen LogP contribution in [-0.2, 0) is 0 Å². The maximum absolute atomic E-state index is 6.28. The zero-order chi connectivity index (χ0) is 19.8. The number of nitrogens with zero attached hydrogens (tertiary/aromatic N) is 4. The van der Waals surface area contributed by atoms with Gasteiger partial charge in [0, 0.05) is 16.1 Å². The van der Waals surface area contributed by atoms with E-state index in [4.69, 9.17) is 10.5 Å². The van der Waals surface area contributed by atoms with Crippen LogP contribution >= 0.6 is 27.3 Å². The van der Waals surface area contributed by atoms with Crippen molar-refractivity contribution in [2.75, 3.05) is 11.1 Å². The summed E-state index contributed by atoms with van der Waals surface area (Å²) in [5, 5.41) is 4.79. The van der Waals surface area contributed by atoms with Crippen LogP contribution in [0.15, 0.2) is 65.5 Å². The van der Waals surface area contributed by atoms with Gasteiger partial charge in [0.05, 0.1) is 10.2 Å². The molecule has 5 aromatic rings. The highest BCUT2D eigenvalue weighted by Gasteiger charge is 2.15. The second-order valence-corrected chi connectivity index (χ2v) is 7.98. The third-order valence-electron chi connectivity index (χ3n) is 4.25. The molecule has 0 fully saturated rings. The van der Waals surface area contributed by atoms with Gasteiger partial charge in [-0.05, 0) is 30.3 Å². The summed E-state index contributed by atoms with van der Waals surface area (Å²) in [6, 6.07) is 15.5. The number of nitrogen functional groups attached to an aromatic ring is 1. The average molecular weight is 465 g/mol. The number of rotatable bonds is 4. The third-order valence-corrected chi connectivity index (χ3v) is 5.90. The van der Waals surface area contributed by atoms with Gasteiger partial charge in [-0.3, -0.25) is 4.98 Å². The number of anilines is 3. The van der Waals surface area contributed by atoms with Gasteiger partial charge in [-0.15, -0.1) is 0 Å². The van der Waals surface area contributed by atoms with E-state index >= 15 is 0 Å². The number of benzene rings is 2. The molecule has 0 unspecified atom stereocenters. The van der Waals surface area contributed by atoms with Crippen LogP contribution in [0.2, 0.25) is 0 Å². The summed E-state index contributed by atoms with van der Waals surface area (Å²) in [6.07, 6.45) is 3.11. The van der Waals surface area contributed by atoms with Crippen molar-refractivity contribution in [1.29, 1.82) is 0 Å². The number of nitrogens with two attached hydrogens (primary N) is 1. The zero-order valence-electron chi connectivity index (χ0n) is 14.8. The number of thiazole rings is 1. The molecule has 0 aliphatic carbocycles. The molecular weight excluding hydrogens is 452 g/mol. The molecule has 0 atom stereocenters. The van der Waals surface area contributed by atoms with Crippen molar-refractivity contribution < 1.29 is 4.74 Å². The summed E-state index contributed by atoms with van der Waals surface area (Å²) in [7, 11) is 0. The van der Waals surface area contributed by atoms with E-state index in [1.807, 2.05) is 48.5 Å². The molecule has 5 rings (SSSR count). The molecule has 7 nitrogen and oxygen atoms in total. The molecular formula is C20H13BrN6OS. The number of hydrogen-bond donors (Lipinski definition) is 2. The minimum absolute atomic E-state index is 0.248. The van der Waals surface area contributed by atoms with E-state index in [1.165, 1.54) is 17.7 Å². The molecule has 0 saturated carbocycles. The topological polar surface area (TPSA) is 98.8 Å². The Labute approximate surface area is 177 Å². The van der Waals surface area contributed by atoms with Crippen LogP contribution in [-0.4, -0.2) is 19.9 Å². The summed E-state index contributed by atoms with van der Waals surface area (Å²) in [5.74, 6) is 1.24. The maximum Gasteiger partial charge on any atom is 0.248 e. The minimum Gasteiger partial charge on any atom is -0.435 e. The molecule has 3 aromatic heterocycles. The number of halogens is 1. The number of pyridine rings is 1. The molecule has 0 saturated heterocycles. The van der Waals surface area contributed by atoms with Crippen molar-refractivity contribution in [3.63, 3.8) is 0 Å². The van der Waals surface area contributed by atoms with Crippen LogP contribution in [0.4, 0.5) is 16.6 Å². The number of hydrogen-bond acceptors (Lipinski definition) is 8. The number of nitrogens with one attached hydrogen (secondary N) is 1. The predicted molar refractivity (Wildman–Crippen MR) is 119 cm³/mol. The monoisotopic (exact) mass is 464 g/mol. The Bertz CT molecular complexity index is 1320. The fraction of sp³-hybridized carbons (Fsp3) is 0. The van der Waals surface area contributed by atoms with E-state index in [0.29, 0.717) is 27.9 Å². The highest BCUT2D eigenvalue weighted by Crippen LogP contribution is 2.36. The first-order valence-electron chi connectivity index (χ1n) is 8.63. The van der Waals surface area contributed by atoms with Gasteiger partial charge >= 0.3 is 0 Å². The first-order chi connectivity index (χ1) is 14.2. The molecule has 0 spiro atoms. The standard InChI is InChI=1S/C20H13BrN6OS/c21-12-7-8-14(17-11(12)4-3-9-23-17)28-19-16(22)18(24-10-25-19)27-20-26-13-5-1-2-6-15(13)29-20/h1-10H,22H2,(H,24,25,26,27). The Morgan fingerprint density at radius 3 is 2.79 bits per heavy atom. The average Bonchev–Trinajstić information content (AvgIpc) is 3.15. The van der Waals surface area contributed by atoms with E-state index in [9.17, 15) is 0 Å². The smallest absolute Gasteiger partial charge is 0.248 e. The SMILES string of the molecule is Nc1c(Nc2nc3ccccc3s2)ncnc1Oc1ccc(Br)c2cccnc12. The molecule has 0 amide bonds. The van der Waals surface area contributed by atoms with Crippen LogP contribution in [0.1, 0.15) is 0 Å². The van der Waals surface area contributed by atoms with E-state index < -0.39 is 0 Å². The minimum atomic E-state index is 0.248. The Morgan fingerprint density at radius 2 is 1.90 bits per heavy atom. The Morgan fingerprint density at radius 1 is 1.00 bits per heavy atom. The first kappa shape index (κ1) is 17.8. The van der Waals surface area contributed by atoms with Gasteiger partial charge in [-0.2, -0.15) is 4.98 Å². The van der Waals surface area contributed by atoms with Crippen LogP contribution in [0, 0.1) is 0 Å². The second kappa shape index (κ2) is 7.26.